The van der Waals surface area contributed by atoms with E-state index in [-0.39, 0.29) is 12.1 Å². The second-order valence-corrected chi connectivity index (χ2v) is 4.07. The Hall–Kier alpha value is -1.63. The van der Waals surface area contributed by atoms with Crippen LogP contribution in [0.15, 0.2) is 6.33 Å². The molecule has 0 unspecified atom stereocenters. The number of urea groups is 1. The van der Waals surface area contributed by atoms with Crippen molar-refractivity contribution in [2.45, 2.75) is 13.0 Å². The summed E-state index contributed by atoms with van der Waals surface area (Å²) in [5, 5.41) is 10.7. The number of aromatic nitrogens is 3. The van der Waals surface area contributed by atoms with Crippen LogP contribution in [0.5, 0.6) is 0 Å². The molecule has 1 fully saturated rings. The quantitative estimate of drug-likeness (QED) is 0.783. The van der Waals surface area contributed by atoms with Gasteiger partial charge in [-0.05, 0) is 6.92 Å². The van der Waals surface area contributed by atoms with Gasteiger partial charge in [0.25, 0.3) is 0 Å². The number of rotatable bonds is 2. The van der Waals surface area contributed by atoms with Crippen LogP contribution in [0.4, 0.5) is 4.79 Å². The van der Waals surface area contributed by atoms with E-state index in [4.69, 9.17) is 4.74 Å². The van der Waals surface area contributed by atoms with Crippen LogP contribution in [-0.4, -0.2) is 52.0 Å². The Bertz CT molecular complexity index is 386. The average molecular weight is 239 g/mol. The molecular formula is C10H17N5O2. The first-order valence-electron chi connectivity index (χ1n) is 5.65. The Kier molecular flexibility index (Phi) is 3.58. The number of aryl methyl sites for hydroxylation is 1. The summed E-state index contributed by atoms with van der Waals surface area (Å²) in [6.45, 7) is 4.37. The van der Waals surface area contributed by atoms with Crippen molar-refractivity contribution in [3.63, 3.8) is 0 Å². The fourth-order valence-electron chi connectivity index (χ4n) is 1.79. The van der Waals surface area contributed by atoms with Gasteiger partial charge in [-0.25, -0.2) is 4.79 Å². The van der Waals surface area contributed by atoms with Gasteiger partial charge in [0.15, 0.2) is 5.82 Å². The van der Waals surface area contributed by atoms with Crippen LogP contribution < -0.4 is 5.32 Å². The van der Waals surface area contributed by atoms with E-state index in [0.29, 0.717) is 26.3 Å². The number of carbonyl (C=O) groups excluding carboxylic acids is 1. The summed E-state index contributed by atoms with van der Waals surface area (Å²) in [5.74, 6) is 0.742. The van der Waals surface area contributed by atoms with Gasteiger partial charge < -0.3 is 19.5 Å². The van der Waals surface area contributed by atoms with Crippen molar-refractivity contribution in [2.75, 3.05) is 26.3 Å². The first-order valence-corrected chi connectivity index (χ1v) is 5.65. The van der Waals surface area contributed by atoms with Crippen LogP contribution in [0.25, 0.3) is 0 Å². The highest BCUT2D eigenvalue weighted by Crippen LogP contribution is 2.08. The number of nitrogens with zero attached hydrogens (tertiary/aromatic N) is 4. The van der Waals surface area contributed by atoms with E-state index >= 15 is 0 Å². The summed E-state index contributed by atoms with van der Waals surface area (Å²) in [5.41, 5.74) is 0. The Balaban J connectivity index is 1.92. The average Bonchev–Trinajstić information content (AvgIpc) is 2.76. The fraction of sp³-hybridized carbons (Fsp3) is 0.700. The lowest BCUT2D eigenvalue weighted by Gasteiger charge is -2.28. The molecule has 1 aromatic rings. The summed E-state index contributed by atoms with van der Waals surface area (Å²) in [7, 11) is 1.85. The van der Waals surface area contributed by atoms with Gasteiger partial charge in [0.2, 0.25) is 0 Å². The molecule has 7 nitrogen and oxygen atoms in total. The molecule has 0 bridgehead atoms. The van der Waals surface area contributed by atoms with Crippen molar-refractivity contribution >= 4 is 6.03 Å². The van der Waals surface area contributed by atoms with E-state index in [9.17, 15) is 4.79 Å². The highest BCUT2D eigenvalue weighted by atomic mass is 16.5. The van der Waals surface area contributed by atoms with Crippen LogP contribution >= 0.6 is 0 Å². The van der Waals surface area contributed by atoms with Crippen molar-refractivity contribution in [3.05, 3.63) is 12.2 Å². The maximum atomic E-state index is 11.9. The van der Waals surface area contributed by atoms with E-state index < -0.39 is 0 Å². The van der Waals surface area contributed by atoms with Crippen LogP contribution in [-0.2, 0) is 11.8 Å². The lowest BCUT2D eigenvalue weighted by molar-refractivity contribution is 0.0525. The molecule has 1 N–H and O–H groups in total. The third kappa shape index (κ3) is 2.73. The van der Waals surface area contributed by atoms with Gasteiger partial charge in [-0.3, -0.25) is 0 Å². The van der Waals surface area contributed by atoms with Crippen LogP contribution in [0, 0.1) is 0 Å². The Morgan fingerprint density at radius 2 is 2.24 bits per heavy atom. The van der Waals surface area contributed by atoms with Gasteiger partial charge in [-0.1, -0.05) is 0 Å². The number of ether oxygens (including phenoxy) is 1. The minimum absolute atomic E-state index is 0.0798. The maximum absolute atomic E-state index is 11.9. The number of hydrogen-bond donors (Lipinski definition) is 1. The minimum Gasteiger partial charge on any atom is -0.378 e. The summed E-state index contributed by atoms with van der Waals surface area (Å²) in [4.78, 5) is 13.7. The zero-order valence-electron chi connectivity index (χ0n) is 10.1. The first kappa shape index (κ1) is 11.8. The summed E-state index contributed by atoms with van der Waals surface area (Å²) >= 11 is 0. The molecule has 94 valence electrons. The zero-order chi connectivity index (χ0) is 12.3. The standard InChI is InChI=1S/C10H17N5O2/c1-8(9-13-11-7-14(9)2)12-10(16)15-3-5-17-6-4-15/h7-8H,3-6H2,1-2H3,(H,12,16)/t8-/m0/s1. The number of morpholine rings is 1. The predicted molar refractivity (Wildman–Crippen MR) is 60.3 cm³/mol. The van der Waals surface area contributed by atoms with Crippen molar-refractivity contribution in [3.8, 4) is 0 Å². The molecule has 2 amide bonds. The summed E-state index contributed by atoms with van der Waals surface area (Å²) in [6.07, 6.45) is 1.62. The zero-order valence-corrected chi connectivity index (χ0v) is 10.1. The van der Waals surface area contributed by atoms with Gasteiger partial charge in [0.1, 0.15) is 6.33 Å². The molecule has 0 saturated carbocycles. The molecule has 0 radical (unpaired) electrons. The molecule has 2 heterocycles. The van der Waals surface area contributed by atoms with Gasteiger partial charge in [0.05, 0.1) is 19.3 Å². The normalized spacial score (nSPS) is 17.9. The molecule has 1 aromatic heterocycles. The molecule has 2 rings (SSSR count). The van der Waals surface area contributed by atoms with Gasteiger partial charge in [-0.2, -0.15) is 0 Å². The number of nitrogens with one attached hydrogen (secondary N) is 1. The van der Waals surface area contributed by atoms with Gasteiger partial charge >= 0.3 is 6.03 Å². The SMILES string of the molecule is C[C@H](NC(=O)N1CCOCC1)c1nncn1C. The van der Waals surface area contributed by atoms with Crippen molar-refractivity contribution < 1.29 is 9.53 Å². The predicted octanol–water partition coefficient (Wildman–Crippen LogP) is -0.0821. The lowest BCUT2D eigenvalue weighted by atomic mass is 10.3. The van der Waals surface area contributed by atoms with Gasteiger partial charge in [-0.15, -0.1) is 10.2 Å². The van der Waals surface area contributed by atoms with E-state index in [0.717, 1.165) is 5.82 Å². The topological polar surface area (TPSA) is 72.3 Å². The Labute approximate surface area is 99.8 Å². The molecule has 17 heavy (non-hydrogen) atoms. The molecule has 0 aromatic carbocycles. The molecule has 1 atom stereocenters. The minimum atomic E-state index is -0.155. The van der Waals surface area contributed by atoms with E-state index in [1.165, 1.54) is 0 Å². The number of amides is 2. The van der Waals surface area contributed by atoms with Gasteiger partial charge in [0, 0.05) is 20.1 Å². The molecule has 0 aliphatic carbocycles. The van der Waals surface area contributed by atoms with Crippen LogP contribution in [0.1, 0.15) is 18.8 Å². The first-order chi connectivity index (χ1) is 8.18. The highest BCUT2D eigenvalue weighted by Gasteiger charge is 2.20. The molecule has 0 spiro atoms. The Morgan fingerprint density at radius 1 is 1.53 bits per heavy atom. The van der Waals surface area contributed by atoms with E-state index in [2.05, 4.69) is 15.5 Å². The fourth-order valence-corrected chi connectivity index (χ4v) is 1.79. The molecule has 7 heteroatoms. The molecule has 1 aliphatic heterocycles. The smallest absolute Gasteiger partial charge is 0.318 e. The highest BCUT2D eigenvalue weighted by molar-refractivity contribution is 5.74. The van der Waals surface area contributed by atoms with Crippen LogP contribution in [0.3, 0.4) is 0 Å². The van der Waals surface area contributed by atoms with Crippen molar-refractivity contribution in [2.24, 2.45) is 7.05 Å². The number of hydrogen-bond acceptors (Lipinski definition) is 4. The van der Waals surface area contributed by atoms with Crippen LogP contribution in [0.2, 0.25) is 0 Å². The lowest BCUT2D eigenvalue weighted by Crippen LogP contribution is -2.47. The molecule has 1 aliphatic rings. The second-order valence-electron chi connectivity index (χ2n) is 4.07. The molecular weight excluding hydrogens is 222 g/mol. The number of carbonyl (C=O) groups is 1. The van der Waals surface area contributed by atoms with E-state index in [1.54, 1.807) is 15.8 Å². The van der Waals surface area contributed by atoms with Crippen molar-refractivity contribution in [1.82, 2.24) is 25.0 Å². The van der Waals surface area contributed by atoms with Crippen molar-refractivity contribution in [1.29, 1.82) is 0 Å². The maximum Gasteiger partial charge on any atom is 0.318 e. The Morgan fingerprint density at radius 3 is 2.82 bits per heavy atom. The third-order valence-electron chi connectivity index (χ3n) is 2.77. The largest absolute Gasteiger partial charge is 0.378 e. The monoisotopic (exact) mass is 239 g/mol. The van der Waals surface area contributed by atoms with E-state index in [1.807, 2.05) is 14.0 Å². The summed E-state index contributed by atoms with van der Waals surface area (Å²) < 4.78 is 6.99. The molecule has 1 saturated heterocycles. The second kappa shape index (κ2) is 5.13. The third-order valence-corrected chi connectivity index (χ3v) is 2.77. The summed E-state index contributed by atoms with van der Waals surface area (Å²) in [6, 6.07) is -0.235.